The van der Waals surface area contributed by atoms with E-state index in [1.807, 2.05) is 0 Å². The minimum Gasteiger partial charge on any atom is -0.490 e. The molecule has 0 aliphatic rings. The Balaban J connectivity index is 2.34. The molecular weight excluding hydrogens is 358 g/mol. The Morgan fingerprint density at radius 1 is 1.15 bits per heavy atom. The highest BCUT2D eigenvalue weighted by Gasteiger charge is 2.10. The maximum absolute atomic E-state index is 12.0. The third kappa shape index (κ3) is 8.25. The number of nitrogens with one attached hydrogen (secondary N) is 3. The predicted molar refractivity (Wildman–Crippen MR) is 99.3 cm³/mol. The van der Waals surface area contributed by atoms with E-state index >= 15 is 0 Å². The molecule has 0 fully saturated rings. The number of hydrogen-bond acceptors (Lipinski definition) is 6. The van der Waals surface area contributed by atoms with Crippen molar-refractivity contribution in [2.75, 3.05) is 13.2 Å². The molecule has 0 saturated heterocycles. The molecule has 1 aromatic rings. The van der Waals surface area contributed by atoms with Gasteiger partial charge in [0.05, 0.1) is 13.0 Å². The topological polar surface area (TPSA) is 106 Å². The lowest BCUT2D eigenvalue weighted by molar-refractivity contribution is -0.144. The molecule has 0 unspecified atom stereocenters. The minimum absolute atomic E-state index is 0.0467. The van der Waals surface area contributed by atoms with Crippen molar-refractivity contribution in [3.63, 3.8) is 0 Å². The molecule has 0 aromatic heterocycles. The number of hydrogen-bond donors (Lipinski definition) is 3. The van der Waals surface area contributed by atoms with Crippen LogP contribution < -0.4 is 20.9 Å². The lowest BCUT2D eigenvalue weighted by Crippen LogP contribution is -2.48. The van der Waals surface area contributed by atoms with E-state index in [0.29, 0.717) is 17.9 Å². The van der Waals surface area contributed by atoms with Gasteiger partial charge in [0.2, 0.25) is 5.91 Å². The van der Waals surface area contributed by atoms with Gasteiger partial charge in [0.1, 0.15) is 12.4 Å². The Bertz CT molecular complexity index is 661. The second kappa shape index (κ2) is 11.6. The van der Waals surface area contributed by atoms with E-state index < -0.39 is 17.8 Å². The highest BCUT2D eigenvalue weighted by Crippen LogP contribution is 2.11. The second-order valence-corrected chi connectivity index (χ2v) is 5.29. The van der Waals surface area contributed by atoms with Gasteiger partial charge >= 0.3 is 5.97 Å². The highest BCUT2D eigenvalue weighted by atomic mass is 32.1. The number of amides is 2. The van der Waals surface area contributed by atoms with Crippen molar-refractivity contribution in [1.29, 1.82) is 0 Å². The Morgan fingerprint density at radius 2 is 1.85 bits per heavy atom. The van der Waals surface area contributed by atoms with Gasteiger partial charge in [-0.1, -0.05) is 12.7 Å². The number of hydrazine groups is 1. The van der Waals surface area contributed by atoms with Gasteiger partial charge in [-0.2, -0.15) is 0 Å². The summed E-state index contributed by atoms with van der Waals surface area (Å²) in [5.74, 6) is -0.758. The van der Waals surface area contributed by atoms with Crippen molar-refractivity contribution in [2.45, 2.75) is 19.8 Å². The Kier molecular flexibility index (Phi) is 9.40. The van der Waals surface area contributed by atoms with Crippen LogP contribution in [-0.4, -0.2) is 36.1 Å². The molecule has 1 aromatic carbocycles. The van der Waals surface area contributed by atoms with Crippen molar-refractivity contribution >= 4 is 35.1 Å². The molecule has 1 rings (SSSR count). The number of thiocarbonyl (C=S) groups is 1. The van der Waals surface area contributed by atoms with E-state index in [-0.39, 0.29) is 24.6 Å². The normalized spacial score (nSPS) is 9.58. The van der Waals surface area contributed by atoms with Crippen LogP contribution in [0.5, 0.6) is 5.75 Å². The van der Waals surface area contributed by atoms with Crippen LogP contribution in [0.15, 0.2) is 36.9 Å². The molecule has 0 radical (unpaired) electrons. The number of carbonyl (C=O) groups is 3. The molecule has 0 spiro atoms. The summed E-state index contributed by atoms with van der Waals surface area (Å²) in [6, 6.07) is 6.45. The zero-order valence-electron chi connectivity index (χ0n) is 14.4. The van der Waals surface area contributed by atoms with Crippen LogP contribution in [0.1, 0.15) is 30.1 Å². The maximum atomic E-state index is 12.0. The molecule has 2 amide bonds. The molecule has 0 bridgehead atoms. The molecule has 0 heterocycles. The van der Waals surface area contributed by atoms with E-state index in [1.165, 1.54) is 0 Å². The first-order valence-electron chi connectivity index (χ1n) is 7.85. The van der Waals surface area contributed by atoms with E-state index in [4.69, 9.17) is 21.7 Å². The Labute approximate surface area is 156 Å². The van der Waals surface area contributed by atoms with Crippen LogP contribution in [0, 0.1) is 0 Å². The first kappa shape index (κ1) is 21.1. The number of carbonyl (C=O) groups excluding carboxylic acids is 3. The fraction of sp³-hybridized carbons (Fsp3) is 0.294. The van der Waals surface area contributed by atoms with Gasteiger partial charge in [-0.3, -0.25) is 25.2 Å². The number of benzene rings is 1. The van der Waals surface area contributed by atoms with E-state index in [9.17, 15) is 14.4 Å². The lowest BCUT2D eigenvalue weighted by atomic mass is 10.2. The number of ether oxygens (including phenoxy) is 2. The van der Waals surface area contributed by atoms with Crippen LogP contribution in [0.3, 0.4) is 0 Å². The molecule has 9 heteroatoms. The van der Waals surface area contributed by atoms with Gasteiger partial charge in [0, 0.05) is 12.0 Å². The summed E-state index contributed by atoms with van der Waals surface area (Å²) >= 11 is 4.89. The molecule has 0 aliphatic carbocycles. The number of esters is 1. The molecule has 0 atom stereocenters. The summed E-state index contributed by atoms with van der Waals surface area (Å²) in [7, 11) is 0. The summed E-state index contributed by atoms with van der Waals surface area (Å²) in [4.78, 5) is 34.8. The summed E-state index contributed by atoms with van der Waals surface area (Å²) in [6.07, 6.45) is 1.50. The predicted octanol–water partition coefficient (Wildman–Crippen LogP) is 1.23. The molecule has 0 saturated carbocycles. The van der Waals surface area contributed by atoms with E-state index in [1.54, 1.807) is 37.3 Å². The SMILES string of the molecule is C=CCOc1ccc(C(=O)NNC(=S)NC(=O)CCC(=O)OCC)cc1. The molecule has 26 heavy (non-hydrogen) atoms. The lowest BCUT2D eigenvalue weighted by Gasteiger charge is -2.11. The minimum atomic E-state index is -0.464. The smallest absolute Gasteiger partial charge is 0.306 e. The molecule has 3 N–H and O–H groups in total. The van der Waals surface area contributed by atoms with Crippen molar-refractivity contribution in [3.05, 3.63) is 42.5 Å². The summed E-state index contributed by atoms with van der Waals surface area (Å²) in [6.45, 7) is 5.86. The molecule has 140 valence electrons. The average molecular weight is 379 g/mol. The van der Waals surface area contributed by atoms with Crippen LogP contribution in [0.4, 0.5) is 0 Å². The first-order valence-corrected chi connectivity index (χ1v) is 8.26. The Hall–Kier alpha value is -2.94. The quantitative estimate of drug-likeness (QED) is 0.270. The van der Waals surface area contributed by atoms with Crippen molar-refractivity contribution in [3.8, 4) is 5.75 Å². The van der Waals surface area contributed by atoms with Crippen LogP contribution in [0.25, 0.3) is 0 Å². The Morgan fingerprint density at radius 3 is 2.46 bits per heavy atom. The van der Waals surface area contributed by atoms with Crippen LogP contribution in [0.2, 0.25) is 0 Å². The van der Waals surface area contributed by atoms with Crippen LogP contribution >= 0.6 is 12.2 Å². The van der Waals surface area contributed by atoms with Crippen molar-refractivity contribution < 1.29 is 23.9 Å². The first-order chi connectivity index (χ1) is 12.5. The van der Waals surface area contributed by atoms with Gasteiger partial charge in [0.25, 0.3) is 5.91 Å². The molecule has 0 aliphatic heterocycles. The fourth-order valence-corrected chi connectivity index (χ4v) is 1.88. The number of rotatable bonds is 8. The van der Waals surface area contributed by atoms with Crippen molar-refractivity contribution in [1.82, 2.24) is 16.2 Å². The summed E-state index contributed by atoms with van der Waals surface area (Å²) < 4.78 is 10.0. The summed E-state index contributed by atoms with van der Waals surface area (Å²) in [5.41, 5.74) is 5.15. The van der Waals surface area contributed by atoms with Crippen molar-refractivity contribution in [2.24, 2.45) is 0 Å². The fourth-order valence-electron chi connectivity index (χ4n) is 1.71. The standard InChI is InChI=1S/C17H21N3O5S/c1-3-11-25-13-7-5-12(6-8-13)16(23)19-20-17(26)18-14(21)9-10-15(22)24-4-2/h3,5-8H,1,4,9-11H2,2H3,(H,19,23)(H2,18,20,21,26). The average Bonchev–Trinajstić information content (AvgIpc) is 2.63. The van der Waals surface area contributed by atoms with E-state index in [2.05, 4.69) is 22.7 Å². The van der Waals surface area contributed by atoms with Gasteiger partial charge < -0.3 is 14.8 Å². The van der Waals surface area contributed by atoms with Gasteiger partial charge in [-0.25, -0.2) is 0 Å². The van der Waals surface area contributed by atoms with Gasteiger partial charge in [-0.15, -0.1) is 0 Å². The third-order valence-corrected chi connectivity index (χ3v) is 3.09. The summed E-state index contributed by atoms with van der Waals surface area (Å²) in [5, 5.41) is 2.26. The van der Waals surface area contributed by atoms with E-state index in [0.717, 1.165) is 0 Å². The maximum Gasteiger partial charge on any atom is 0.306 e. The van der Waals surface area contributed by atoms with Crippen LogP contribution in [-0.2, 0) is 14.3 Å². The third-order valence-electron chi connectivity index (χ3n) is 2.89. The van der Waals surface area contributed by atoms with Gasteiger partial charge in [0.15, 0.2) is 5.11 Å². The largest absolute Gasteiger partial charge is 0.490 e. The van der Waals surface area contributed by atoms with Gasteiger partial charge in [-0.05, 0) is 43.4 Å². The second-order valence-electron chi connectivity index (χ2n) is 4.89. The zero-order chi connectivity index (χ0) is 19.4. The monoisotopic (exact) mass is 379 g/mol. The zero-order valence-corrected chi connectivity index (χ0v) is 15.2. The molecule has 8 nitrogen and oxygen atoms in total. The molecular formula is C17H21N3O5S. The highest BCUT2D eigenvalue weighted by molar-refractivity contribution is 7.80.